The van der Waals surface area contributed by atoms with Crippen molar-refractivity contribution in [3.8, 4) is 0 Å². The first-order valence-electron chi connectivity index (χ1n) is 4.00. The molecule has 0 fully saturated rings. The Kier molecular flexibility index (Phi) is 4.47. The summed E-state index contributed by atoms with van der Waals surface area (Å²) in [5.74, 6) is -0.811. The minimum Gasteiger partial charge on any atom is -0.481 e. The van der Waals surface area contributed by atoms with Crippen molar-refractivity contribution < 1.29 is 9.90 Å². The quantitative estimate of drug-likeness (QED) is 0.837. The Labute approximate surface area is 101 Å². The van der Waals surface area contributed by atoms with Crippen LogP contribution in [-0.2, 0) is 4.79 Å². The van der Waals surface area contributed by atoms with Crippen LogP contribution in [0, 0.1) is 3.57 Å². The summed E-state index contributed by atoms with van der Waals surface area (Å²) in [7, 11) is 0. The van der Waals surface area contributed by atoms with Crippen molar-refractivity contribution in [1.82, 2.24) is 0 Å². The Bertz CT molecular complexity index is 344. The van der Waals surface area contributed by atoms with Crippen LogP contribution < -0.4 is 5.32 Å². The molecule has 0 heterocycles. The van der Waals surface area contributed by atoms with Gasteiger partial charge in [-0.2, -0.15) is 0 Å². The average molecular weight is 326 g/mol. The van der Waals surface area contributed by atoms with Gasteiger partial charge in [0, 0.05) is 20.8 Å². The van der Waals surface area contributed by atoms with Gasteiger partial charge in [0.05, 0.1) is 6.42 Å². The highest BCUT2D eigenvalue weighted by Gasteiger charge is 2.01. The molecular formula is C9H9ClINO2. The van der Waals surface area contributed by atoms with E-state index in [1.165, 1.54) is 0 Å². The van der Waals surface area contributed by atoms with Gasteiger partial charge < -0.3 is 10.4 Å². The van der Waals surface area contributed by atoms with Gasteiger partial charge in [-0.15, -0.1) is 0 Å². The average Bonchev–Trinajstić information content (AvgIpc) is 2.10. The molecular weight excluding hydrogens is 316 g/mol. The van der Waals surface area contributed by atoms with Gasteiger partial charge in [-0.05, 0) is 40.8 Å². The summed E-state index contributed by atoms with van der Waals surface area (Å²) >= 11 is 7.96. The number of carboxylic acids is 1. The van der Waals surface area contributed by atoms with Crippen molar-refractivity contribution in [2.45, 2.75) is 6.42 Å². The van der Waals surface area contributed by atoms with Crippen LogP contribution in [0.3, 0.4) is 0 Å². The molecule has 0 aliphatic heterocycles. The maximum atomic E-state index is 10.3. The van der Waals surface area contributed by atoms with Crippen molar-refractivity contribution >= 4 is 45.8 Å². The van der Waals surface area contributed by atoms with Gasteiger partial charge in [0.1, 0.15) is 0 Å². The highest BCUT2D eigenvalue weighted by atomic mass is 127. The minimum atomic E-state index is -0.811. The van der Waals surface area contributed by atoms with Crippen LogP contribution in [0.4, 0.5) is 5.69 Å². The second kappa shape index (κ2) is 5.41. The number of benzene rings is 1. The molecule has 1 aromatic carbocycles. The molecule has 1 rings (SSSR count). The molecule has 0 aliphatic carbocycles. The first-order valence-corrected chi connectivity index (χ1v) is 5.46. The maximum absolute atomic E-state index is 10.3. The van der Waals surface area contributed by atoms with E-state index >= 15 is 0 Å². The summed E-state index contributed by atoms with van der Waals surface area (Å²) in [4.78, 5) is 10.3. The summed E-state index contributed by atoms with van der Waals surface area (Å²) in [5, 5.41) is 12.1. The Morgan fingerprint density at radius 2 is 2.29 bits per heavy atom. The van der Waals surface area contributed by atoms with Crippen LogP contribution >= 0.6 is 34.2 Å². The summed E-state index contributed by atoms with van der Waals surface area (Å²) in [6, 6.07) is 5.46. The highest BCUT2D eigenvalue weighted by molar-refractivity contribution is 14.1. The molecule has 0 spiro atoms. The molecule has 0 saturated carbocycles. The zero-order chi connectivity index (χ0) is 10.6. The fraction of sp³-hybridized carbons (Fsp3) is 0.222. The second-order valence-corrected chi connectivity index (χ2v) is 4.29. The van der Waals surface area contributed by atoms with Crippen LogP contribution in [0.1, 0.15) is 6.42 Å². The predicted octanol–water partition coefficient (Wildman–Crippen LogP) is 2.83. The van der Waals surface area contributed by atoms with E-state index in [9.17, 15) is 4.79 Å². The van der Waals surface area contributed by atoms with Crippen LogP contribution in [0.25, 0.3) is 0 Å². The zero-order valence-corrected chi connectivity index (χ0v) is 10.2. The molecule has 0 radical (unpaired) electrons. The van der Waals surface area contributed by atoms with Crippen molar-refractivity contribution in [2.24, 2.45) is 0 Å². The molecule has 5 heteroatoms. The van der Waals surface area contributed by atoms with E-state index in [-0.39, 0.29) is 6.42 Å². The van der Waals surface area contributed by atoms with Gasteiger partial charge in [0.25, 0.3) is 0 Å². The highest BCUT2D eigenvalue weighted by Crippen LogP contribution is 2.22. The summed E-state index contributed by atoms with van der Waals surface area (Å²) in [6.07, 6.45) is 0.0998. The third-order valence-electron chi connectivity index (χ3n) is 1.58. The second-order valence-electron chi connectivity index (χ2n) is 2.69. The molecule has 0 unspecified atom stereocenters. The largest absolute Gasteiger partial charge is 0.481 e. The number of hydrogen-bond acceptors (Lipinski definition) is 2. The van der Waals surface area contributed by atoms with Gasteiger partial charge in [0.2, 0.25) is 0 Å². The summed E-state index contributed by atoms with van der Waals surface area (Å²) in [5.41, 5.74) is 0.874. The Morgan fingerprint density at radius 3 is 2.93 bits per heavy atom. The normalized spacial score (nSPS) is 9.86. The standard InChI is InChI=1S/C9H9ClINO2/c10-6-1-2-7(11)8(5-6)12-4-3-9(13)14/h1-2,5,12H,3-4H2,(H,13,14). The topological polar surface area (TPSA) is 49.3 Å². The molecule has 1 aromatic rings. The number of rotatable bonds is 4. The fourth-order valence-corrected chi connectivity index (χ4v) is 1.64. The number of carboxylic acid groups (broad SMARTS) is 1. The minimum absolute atomic E-state index is 0.0998. The summed E-state index contributed by atoms with van der Waals surface area (Å²) in [6.45, 7) is 0.408. The third kappa shape index (κ3) is 3.71. The number of halogens is 2. The SMILES string of the molecule is O=C(O)CCNc1cc(Cl)ccc1I. The Hall–Kier alpha value is -0.490. The molecule has 0 saturated heterocycles. The molecule has 2 N–H and O–H groups in total. The molecule has 0 atom stereocenters. The number of nitrogens with one attached hydrogen (secondary N) is 1. The molecule has 0 amide bonds. The monoisotopic (exact) mass is 325 g/mol. The first-order chi connectivity index (χ1) is 6.59. The van der Waals surface area contributed by atoms with Gasteiger partial charge in [0.15, 0.2) is 0 Å². The molecule has 76 valence electrons. The lowest BCUT2D eigenvalue weighted by atomic mass is 10.3. The first kappa shape index (κ1) is 11.6. The van der Waals surface area contributed by atoms with E-state index in [1.807, 2.05) is 6.07 Å². The van der Waals surface area contributed by atoms with Crippen LogP contribution in [0.2, 0.25) is 5.02 Å². The van der Waals surface area contributed by atoms with Crippen LogP contribution in [0.5, 0.6) is 0 Å². The molecule has 0 bridgehead atoms. The van der Waals surface area contributed by atoms with Crippen LogP contribution in [-0.4, -0.2) is 17.6 Å². The molecule has 0 aromatic heterocycles. The number of carbonyl (C=O) groups is 1. The lowest BCUT2D eigenvalue weighted by molar-refractivity contribution is -0.136. The van der Waals surface area contributed by atoms with Crippen molar-refractivity contribution in [2.75, 3.05) is 11.9 Å². The summed E-state index contributed by atoms with van der Waals surface area (Å²) < 4.78 is 1.03. The van der Waals surface area contributed by atoms with Gasteiger partial charge in [-0.1, -0.05) is 11.6 Å². The van der Waals surface area contributed by atoms with E-state index in [2.05, 4.69) is 27.9 Å². The number of aliphatic carboxylic acids is 1. The van der Waals surface area contributed by atoms with Gasteiger partial charge >= 0.3 is 5.97 Å². The van der Waals surface area contributed by atoms with Gasteiger partial charge in [-0.3, -0.25) is 4.79 Å². The lowest BCUT2D eigenvalue weighted by Gasteiger charge is -2.07. The smallest absolute Gasteiger partial charge is 0.305 e. The molecule has 3 nitrogen and oxygen atoms in total. The van der Waals surface area contributed by atoms with E-state index in [0.717, 1.165) is 9.26 Å². The van der Waals surface area contributed by atoms with Crippen molar-refractivity contribution in [3.05, 3.63) is 26.8 Å². The van der Waals surface area contributed by atoms with Gasteiger partial charge in [-0.25, -0.2) is 0 Å². The molecule has 0 aliphatic rings. The van der Waals surface area contributed by atoms with E-state index in [1.54, 1.807) is 12.1 Å². The lowest BCUT2D eigenvalue weighted by Crippen LogP contribution is -2.08. The van der Waals surface area contributed by atoms with E-state index in [0.29, 0.717) is 11.6 Å². The number of anilines is 1. The van der Waals surface area contributed by atoms with Crippen molar-refractivity contribution in [3.63, 3.8) is 0 Å². The van der Waals surface area contributed by atoms with Crippen molar-refractivity contribution in [1.29, 1.82) is 0 Å². The Morgan fingerprint density at radius 1 is 1.57 bits per heavy atom. The predicted molar refractivity (Wildman–Crippen MR) is 64.9 cm³/mol. The van der Waals surface area contributed by atoms with E-state index < -0.39 is 5.97 Å². The van der Waals surface area contributed by atoms with E-state index in [4.69, 9.17) is 16.7 Å². The Balaban J connectivity index is 2.57. The fourth-order valence-electron chi connectivity index (χ4n) is 0.937. The number of hydrogen-bond donors (Lipinski definition) is 2. The zero-order valence-electron chi connectivity index (χ0n) is 7.26. The third-order valence-corrected chi connectivity index (χ3v) is 2.76. The van der Waals surface area contributed by atoms with Crippen LogP contribution in [0.15, 0.2) is 18.2 Å². The maximum Gasteiger partial charge on any atom is 0.305 e. The molecule has 14 heavy (non-hydrogen) atoms.